The third-order valence-electron chi connectivity index (χ3n) is 11.4. The number of aromatic nitrogens is 3. The van der Waals surface area contributed by atoms with Crippen molar-refractivity contribution in [3.8, 4) is 39.5 Å². The Balaban J connectivity index is 1.30. The third-order valence-corrected chi connectivity index (χ3v) is 12.5. The molecule has 3 aliphatic rings. The van der Waals surface area contributed by atoms with E-state index in [-0.39, 0.29) is 10.8 Å². The van der Waals surface area contributed by atoms with E-state index in [1.165, 1.54) is 70.6 Å². The second-order valence-electron chi connectivity index (χ2n) is 14.6. The Morgan fingerprint density at radius 1 is 0.500 bits per heavy atom. The summed E-state index contributed by atoms with van der Waals surface area (Å²) in [6.07, 6.45) is 0. The highest BCUT2D eigenvalue weighted by atomic mass is 32.2. The van der Waals surface area contributed by atoms with E-state index in [1.54, 1.807) is 0 Å². The van der Waals surface area contributed by atoms with Crippen LogP contribution < -0.4 is 0 Å². The van der Waals surface area contributed by atoms with Gasteiger partial charge in [-0.3, -0.25) is 4.57 Å². The summed E-state index contributed by atoms with van der Waals surface area (Å²) in [6.45, 7) is 9.43. The number of hydrogen-bond acceptors (Lipinski definition) is 3. The molecule has 0 unspecified atom stereocenters. The van der Waals surface area contributed by atoms with Crippen molar-refractivity contribution in [1.29, 1.82) is 0 Å². The molecule has 3 nitrogen and oxygen atoms in total. The van der Waals surface area contributed by atoms with Crippen LogP contribution in [0.1, 0.15) is 49.9 Å². The molecule has 0 bridgehead atoms. The summed E-state index contributed by atoms with van der Waals surface area (Å²) in [5.41, 5.74) is 16.0. The summed E-state index contributed by atoms with van der Waals surface area (Å²) in [5, 5.41) is 3.62. The lowest BCUT2D eigenvalue weighted by Gasteiger charge is -2.22. The lowest BCUT2D eigenvalue weighted by molar-refractivity contribution is 0.660. The third kappa shape index (κ3) is 3.22. The normalized spacial score (nSPS) is 15.8. The van der Waals surface area contributed by atoms with Gasteiger partial charge in [0, 0.05) is 42.3 Å². The van der Waals surface area contributed by atoms with E-state index >= 15 is 0 Å². The van der Waals surface area contributed by atoms with Crippen molar-refractivity contribution in [2.45, 2.75) is 48.3 Å². The van der Waals surface area contributed by atoms with Crippen molar-refractivity contribution in [2.24, 2.45) is 0 Å². The van der Waals surface area contributed by atoms with E-state index in [1.807, 2.05) is 11.8 Å². The zero-order valence-corrected chi connectivity index (χ0v) is 28.0. The molecule has 0 spiro atoms. The van der Waals surface area contributed by atoms with Crippen molar-refractivity contribution in [3.63, 3.8) is 0 Å². The van der Waals surface area contributed by atoms with Crippen LogP contribution in [0.25, 0.3) is 72.2 Å². The highest BCUT2D eigenvalue weighted by Crippen LogP contribution is 2.54. The Hall–Kier alpha value is -5.19. The molecule has 8 aromatic rings. The quantitative estimate of drug-likeness (QED) is 0.180. The molecular formula is C44H31N3S. The van der Waals surface area contributed by atoms with Gasteiger partial charge in [0.15, 0.2) is 0 Å². The van der Waals surface area contributed by atoms with Gasteiger partial charge in [-0.2, -0.15) is 0 Å². The molecule has 0 saturated heterocycles. The molecular weight excluding hydrogens is 603 g/mol. The van der Waals surface area contributed by atoms with Gasteiger partial charge in [-0.1, -0.05) is 112 Å². The fourth-order valence-electron chi connectivity index (χ4n) is 9.01. The minimum absolute atomic E-state index is 0.120. The molecule has 0 amide bonds. The Kier molecular flexibility index (Phi) is 4.94. The summed E-state index contributed by atoms with van der Waals surface area (Å²) >= 11 is 1.81. The van der Waals surface area contributed by atoms with Crippen LogP contribution in [0, 0.1) is 0 Å². The zero-order valence-electron chi connectivity index (χ0n) is 27.2. The summed E-state index contributed by atoms with van der Waals surface area (Å²) < 4.78 is 2.36. The van der Waals surface area contributed by atoms with Crippen molar-refractivity contribution in [2.75, 3.05) is 0 Å². The van der Waals surface area contributed by atoms with Crippen LogP contribution in [-0.2, 0) is 10.8 Å². The molecule has 0 atom stereocenters. The first-order valence-corrected chi connectivity index (χ1v) is 17.6. The zero-order chi connectivity index (χ0) is 32.1. The molecule has 4 heteroatoms. The van der Waals surface area contributed by atoms with Crippen LogP contribution in [0.3, 0.4) is 0 Å². The highest BCUT2D eigenvalue weighted by Gasteiger charge is 2.39. The summed E-state index contributed by atoms with van der Waals surface area (Å²) in [6, 6.07) is 42.7. The molecule has 0 saturated carbocycles. The van der Waals surface area contributed by atoms with Crippen LogP contribution >= 0.6 is 11.8 Å². The summed E-state index contributed by atoms with van der Waals surface area (Å²) in [7, 11) is 0. The maximum Gasteiger partial charge on any atom is 0.235 e. The molecule has 0 radical (unpaired) electrons. The van der Waals surface area contributed by atoms with E-state index in [2.05, 4.69) is 148 Å². The number of rotatable bonds is 1. The Morgan fingerprint density at radius 3 is 1.67 bits per heavy atom. The molecule has 11 rings (SSSR count). The van der Waals surface area contributed by atoms with Gasteiger partial charge >= 0.3 is 0 Å². The maximum atomic E-state index is 5.49. The first-order valence-electron chi connectivity index (χ1n) is 16.8. The Labute approximate surface area is 283 Å². The minimum Gasteiger partial charge on any atom is -0.278 e. The second-order valence-corrected chi connectivity index (χ2v) is 15.7. The molecule has 2 aromatic heterocycles. The summed E-state index contributed by atoms with van der Waals surface area (Å²) in [4.78, 5) is 13.3. The predicted octanol–water partition coefficient (Wildman–Crippen LogP) is 11.5. The Bertz CT molecular complexity index is 2640. The van der Waals surface area contributed by atoms with Gasteiger partial charge in [-0.15, -0.1) is 0 Å². The van der Waals surface area contributed by atoms with Gasteiger partial charge in [0.25, 0.3) is 0 Å². The first kappa shape index (κ1) is 26.8. The van der Waals surface area contributed by atoms with Crippen molar-refractivity contribution >= 4 is 44.5 Å². The largest absolute Gasteiger partial charge is 0.278 e. The molecule has 2 aliphatic carbocycles. The topological polar surface area (TPSA) is 30.7 Å². The van der Waals surface area contributed by atoms with E-state index in [0.29, 0.717) is 0 Å². The standard InChI is InChI=1S/C44H31N3S/c1-43(2)31-15-8-5-12-24(31)27-20-29-30-21-28-25-13-6-9-16-32(25)44(3,4)34(28)23-37(30)47(36(29)22-33(27)43)42-45-35-17-11-19-39-40(35)41(46-42)26-14-7-10-18-38(26)48-39/h5-23H,1-4H3. The van der Waals surface area contributed by atoms with Gasteiger partial charge in [0.2, 0.25) is 5.95 Å². The minimum atomic E-state index is -0.120. The Morgan fingerprint density at radius 2 is 1.04 bits per heavy atom. The fourth-order valence-corrected chi connectivity index (χ4v) is 10.1. The molecule has 228 valence electrons. The number of hydrogen-bond donors (Lipinski definition) is 0. The maximum absolute atomic E-state index is 5.49. The van der Waals surface area contributed by atoms with Crippen LogP contribution in [0.15, 0.2) is 125 Å². The van der Waals surface area contributed by atoms with Crippen molar-refractivity contribution in [1.82, 2.24) is 14.5 Å². The van der Waals surface area contributed by atoms with E-state index < -0.39 is 0 Å². The lowest BCUT2D eigenvalue weighted by Crippen LogP contribution is -2.15. The average molecular weight is 634 g/mol. The molecule has 6 aromatic carbocycles. The fraction of sp³-hybridized carbons (Fsp3) is 0.136. The molecule has 3 heterocycles. The van der Waals surface area contributed by atoms with Crippen LogP contribution in [0.2, 0.25) is 0 Å². The van der Waals surface area contributed by atoms with E-state index in [4.69, 9.17) is 9.97 Å². The summed E-state index contributed by atoms with van der Waals surface area (Å²) in [5.74, 6) is 0.720. The average Bonchev–Trinajstić information content (AvgIpc) is 3.63. The molecule has 1 aliphatic heterocycles. The first-order chi connectivity index (χ1) is 23.3. The van der Waals surface area contributed by atoms with Crippen LogP contribution in [0.4, 0.5) is 0 Å². The van der Waals surface area contributed by atoms with Gasteiger partial charge in [0.1, 0.15) is 0 Å². The number of nitrogens with zero attached hydrogens (tertiary/aromatic N) is 3. The molecule has 48 heavy (non-hydrogen) atoms. The highest BCUT2D eigenvalue weighted by molar-refractivity contribution is 7.99. The smallest absolute Gasteiger partial charge is 0.235 e. The van der Waals surface area contributed by atoms with Crippen molar-refractivity contribution in [3.05, 3.63) is 138 Å². The lowest BCUT2D eigenvalue weighted by atomic mass is 9.82. The second kappa shape index (κ2) is 8.83. The van der Waals surface area contributed by atoms with Crippen LogP contribution in [0.5, 0.6) is 0 Å². The predicted molar refractivity (Wildman–Crippen MR) is 199 cm³/mol. The van der Waals surface area contributed by atoms with Crippen molar-refractivity contribution < 1.29 is 0 Å². The van der Waals surface area contributed by atoms with Gasteiger partial charge < -0.3 is 0 Å². The number of fused-ring (bicyclic) bond motifs is 11. The van der Waals surface area contributed by atoms with Gasteiger partial charge in [0.05, 0.1) is 22.2 Å². The van der Waals surface area contributed by atoms with E-state index in [9.17, 15) is 0 Å². The van der Waals surface area contributed by atoms with Crippen LogP contribution in [-0.4, -0.2) is 14.5 Å². The van der Waals surface area contributed by atoms with Gasteiger partial charge in [-0.25, -0.2) is 9.97 Å². The van der Waals surface area contributed by atoms with E-state index in [0.717, 1.165) is 33.6 Å². The van der Waals surface area contributed by atoms with Gasteiger partial charge in [-0.05, 0) is 87.0 Å². The SMILES string of the molecule is CC1(C)c2ccccc2-c2cc3c4cc5c(cc4n(-c4nc6c7c(cccc7n4)Sc4ccccc4-6)c3cc21)C(C)(C)c1ccccc1-5. The monoisotopic (exact) mass is 633 g/mol. The molecule has 0 fully saturated rings. The number of benzene rings is 6. The molecule has 0 N–H and O–H groups in total.